The van der Waals surface area contributed by atoms with Crippen LogP contribution in [0.3, 0.4) is 0 Å². The normalized spacial score (nSPS) is 33.4. The van der Waals surface area contributed by atoms with Gasteiger partial charge in [-0.3, -0.25) is 4.79 Å². The highest BCUT2D eigenvalue weighted by atomic mass is 16.2. The predicted molar refractivity (Wildman–Crippen MR) is 31.4 cm³/mol. The summed E-state index contributed by atoms with van der Waals surface area (Å²) in [5, 5.41) is 2.79. The zero-order valence-corrected chi connectivity index (χ0v) is 5.49. The number of nitrogens with one attached hydrogen (secondary N) is 1. The molecule has 1 atom stereocenters. The van der Waals surface area contributed by atoms with E-state index in [1.165, 1.54) is 0 Å². The van der Waals surface area contributed by atoms with E-state index < -0.39 is 0 Å². The van der Waals surface area contributed by atoms with Gasteiger partial charge in [-0.05, 0) is 13.8 Å². The van der Waals surface area contributed by atoms with Crippen molar-refractivity contribution >= 4 is 5.91 Å². The van der Waals surface area contributed by atoms with Crippen LogP contribution in [0.5, 0.6) is 0 Å². The third kappa shape index (κ3) is 0.522. The van der Waals surface area contributed by atoms with Crippen molar-refractivity contribution in [3.05, 3.63) is 0 Å². The van der Waals surface area contributed by atoms with Crippen LogP contribution >= 0.6 is 0 Å². The molecule has 1 aliphatic rings. The second-order valence-electron chi connectivity index (χ2n) is 2.93. The molecule has 1 aliphatic heterocycles. The van der Waals surface area contributed by atoms with Crippen LogP contribution in [0.4, 0.5) is 0 Å². The molecule has 1 amide bonds. The molecule has 0 radical (unpaired) electrons. The van der Waals surface area contributed by atoms with E-state index in [4.69, 9.17) is 0 Å². The van der Waals surface area contributed by atoms with E-state index in [1.54, 1.807) is 0 Å². The second-order valence-corrected chi connectivity index (χ2v) is 2.93. The van der Waals surface area contributed by atoms with Crippen LogP contribution in [0.2, 0.25) is 0 Å². The van der Waals surface area contributed by atoms with Crippen molar-refractivity contribution < 1.29 is 4.79 Å². The molecule has 0 unspecified atom stereocenters. The van der Waals surface area contributed by atoms with Gasteiger partial charge in [-0.1, -0.05) is 6.92 Å². The largest absolute Gasteiger partial charge is 0.350 e. The first-order chi connectivity index (χ1) is 3.54. The summed E-state index contributed by atoms with van der Waals surface area (Å²) in [6.07, 6.45) is 0. The molecule has 2 heteroatoms. The Bertz CT molecular complexity index is 128. The number of hydrogen-bond acceptors (Lipinski definition) is 1. The maximum absolute atomic E-state index is 10.5. The fraction of sp³-hybridized carbons (Fsp3) is 0.833. The highest BCUT2D eigenvalue weighted by molar-refractivity contribution is 5.86. The summed E-state index contributed by atoms with van der Waals surface area (Å²) >= 11 is 0. The van der Waals surface area contributed by atoms with Crippen molar-refractivity contribution in [3.63, 3.8) is 0 Å². The Hall–Kier alpha value is -0.530. The van der Waals surface area contributed by atoms with Gasteiger partial charge in [-0.25, -0.2) is 0 Å². The van der Waals surface area contributed by atoms with Crippen LogP contribution in [-0.2, 0) is 4.79 Å². The Balaban J connectivity index is 2.60. The lowest BCUT2D eigenvalue weighted by Crippen LogP contribution is -2.64. The zero-order chi connectivity index (χ0) is 6.36. The van der Waals surface area contributed by atoms with Gasteiger partial charge in [0.05, 0.1) is 5.92 Å². The fourth-order valence-electron chi connectivity index (χ4n) is 0.784. The molecular formula is C6H11NO. The van der Waals surface area contributed by atoms with Crippen LogP contribution in [0.1, 0.15) is 20.8 Å². The standard InChI is InChI=1S/C6H11NO/c1-4-5(8)7-6(4,2)3/h4H,1-3H3,(H,7,8)/t4-/m0/s1. The lowest BCUT2D eigenvalue weighted by atomic mass is 9.80. The summed E-state index contributed by atoms with van der Waals surface area (Å²) in [6, 6.07) is 0. The zero-order valence-electron chi connectivity index (χ0n) is 5.49. The van der Waals surface area contributed by atoms with Gasteiger partial charge in [0.1, 0.15) is 0 Å². The average molecular weight is 113 g/mol. The van der Waals surface area contributed by atoms with Gasteiger partial charge in [0, 0.05) is 5.54 Å². The van der Waals surface area contributed by atoms with Gasteiger partial charge >= 0.3 is 0 Å². The second kappa shape index (κ2) is 1.24. The van der Waals surface area contributed by atoms with Crippen molar-refractivity contribution in [1.82, 2.24) is 5.32 Å². The van der Waals surface area contributed by atoms with E-state index in [2.05, 4.69) is 5.32 Å². The molecule has 8 heavy (non-hydrogen) atoms. The molecule has 1 saturated heterocycles. The molecule has 2 nitrogen and oxygen atoms in total. The summed E-state index contributed by atoms with van der Waals surface area (Å²) in [5.74, 6) is 0.373. The Morgan fingerprint density at radius 1 is 1.62 bits per heavy atom. The molecule has 1 fully saturated rings. The number of hydrogen-bond donors (Lipinski definition) is 1. The number of carbonyl (C=O) groups excluding carboxylic acids is 1. The Morgan fingerprint density at radius 3 is 2.12 bits per heavy atom. The van der Waals surface area contributed by atoms with Crippen molar-refractivity contribution in [2.75, 3.05) is 0 Å². The molecular weight excluding hydrogens is 102 g/mol. The molecule has 0 aliphatic carbocycles. The van der Waals surface area contributed by atoms with Crippen molar-refractivity contribution in [2.24, 2.45) is 5.92 Å². The molecule has 0 aromatic rings. The number of carbonyl (C=O) groups is 1. The van der Waals surface area contributed by atoms with E-state index in [1.807, 2.05) is 20.8 Å². The monoisotopic (exact) mass is 113 g/mol. The van der Waals surface area contributed by atoms with Crippen LogP contribution in [0.15, 0.2) is 0 Å². The van der Waals surface area contributed by atoms with Gasteiger partial charge < -0.3 is 5.32 Å². The first-order valence-electron chi connectivity index (χ1n) is 2.86. The third-order valence-electron chi connectivity index (χ3n) is 1.92. The predicted octanol–water partition coefficient (Wildman–Crippen LogP) is 0.531. The molecule has 0 bridgehead atoms. The van der Waals surface area contributed by atoms with Crippen molar-refractivity contribution in [2.45, 2.75) is 26.3 Å². The molecule has 46 valence electrons. The van der Waals surface area contributed by atoms with Crippen molar-refractivity contribution in [3.8, 4) is 0 Å². The molecule has 0 spiro atoms. The molecule has 1 rings (SSSR count). The number of β-lactam (4-membered cyclic amide) rings is 1. The van der Waals surface area contributed by atoms with Crippen LogP contribution < -0.4 is 5.32 Å². The first kappa shape index (κ1) is 5.60. The molecule has 1 heterocycles. The smallest absolute Gasteiger partial charge is 0.225 e. The quantitative estimate of drug-likeness (QED) is 0.456. The average Bonchev–Trinajstić information content (AvgIpc) is 1.65. The van der Waals surface area contributed by atoms with Gasteiger partial charge in [-0.2, -0.15) is 0 Å². The summed E-state index contributed by atoms with van der Waals surface area (Å²) in [4.78, 5) is 10.5. The Labute approximate surface area is 49.3 Å². The maximum atomic E-state index is 10.5. The van der Waals surface area contributed by atoms with E-state index >= 15 is 0 Å². The van der Waals surface area contributed by atoms with E-state index in [9.17, 15) is 4.79 Å². The lowest BCUT2D eigenvalue weighted by Gasteiger charge is -2.42. The maximum Gasteiger partial charge on any atom is 0.225 e. The molecule has 1 N–H and O–H groups in total. The van der Waals surface area contributed by atoms with Crippen molar-refractivity contribution in [1.29, 1.82) is 0 Å². The van der Waals surface area contributed by atoms with Crippen LogP contribution in [-0.4, -0.2) is 11.4 Å². The van der Waals surface area contributed by atoms with Crippen LogP contribution in [0, 0.1) is 5.92 Å². The molecule has 0 aromatic carbocycles. The minimum Gasteiger partial charge on any atom is -0.350 e. The fourth-order valence-corrected chi connectivity index (χ4v) is 0.784. The van der Waals surface area contributed by atoms with Gasteiger partial charge in [0.2, 0.25) is 5.91 Å². The molecule has 0 saturated carbocycles. The lowest BCUT2D eigenvalue weighted by molar-refractivity contribution is -0.138. The van der Waals surface area contributed by atoms with E-state index in [0.717, 1.165) is 0 Å². The highest BCUT2D eigenvalue weighted by Crippen LogP contribution is 2.24. The van der Waals surface area contributed by atoms with Gasteiger partial charge in [0.15, 0.2) is 0 Å². The van der Waals surface area contributed by atoms with E-state index in [0.29, 0.717) is 0 Å². The van der Waals surface area contributed by atoms with Gasteiger partial charge in [-0.15, -0.1) is 0 Å². The SMILES string of the molecule is C[C@H]1C(=O)NC1(C)C. The summed E-state index contributed by atoms with van der Waals surface area (Å²) < 4.78 is 0. The van der Waals surface area contributed by atoms with E-state index in [-0.39, 0.29) is 17.4 Å². The first-order valence-corrected chi connectivity index (χ1v) is 2.86. The number of amides is 1. The molecule has 0 aromatic heterocycles. The third-order valence-corrected chi connectivity index (χ3v) is 1.92. The summed E-state index contributed by atoms with van der Waals surface area (Å²) in [5.41, 5.74) is 0.0527. The highest BCUT2D eigenvalue weighted by Gasteiger charge is 2.42. The Kier molecular flexibility index (Phi) is 0.872. The minimum atomic E-state index is 0.0527. The van der Waals surface area contributed by atoms with Gasteiger partial charge in [0.25, 0.3) is 0 Å². The topological polar surface area (TPSA) is 29.1 Å². The number of rotatable bonds is 0. The Morgan fingerprint density at radius 2 is 2.12 bits per heavy atom. The van der Waals surface area contributed by atoms with Crippen LogP contribution in [0.25, 0.3) is 0 Å². The summed E-state index contributed by atoms with van der Waals surface area (Å²) in [7, 11) is 0. The minimum absolute atomic E-state index is 0.0527. The summed E-state index contributed by atoms with van der Waals surface area (Å²) in [6.45, 7) is 6.00.